The Labute approximate surface area is 209 Å². The maximum Gasteiger partial charge on any atom is 0.119 e. The second kappa shape index (κ2) is 7.03. The number of phenols is 1. The lowest BCUT2D eigenvalue weighted by Crippen LogP contribution is -2.70. The zero-order valence-corrected chi connectivity index (χ0v) is 21.6. The number of rotatable bonds is 0. The minimum absolute atomic E-state index is 0.0307. The molecule has 35 heavy (non-hydrogen) atoms. The van der Waals surface area contributed by atoms with Crippen LogP contribution >= 0.6 is 0 Å². The molecule has 0 radical (unpaired) electrons. The third-order valence-electron chi connectivity index (χ3n) is 12.1. The van der Waals surface area contributed by atoms with Crippen LogP contribution in [0.2, 0.25) is 0 Å². The molecular weight excluding hydrogens is 440 g/mol. The summed E-state index contributed by atoms with van der Waals surface area (Å²) in [6, 6.07) is 6.02. The van der Waals surface area contributed by atoms with Crippen LogP contribution in [0.3, 0.4) is 0 Å². The van der Waals surface area contributed by atoms with Crippen molar-refractivity contribution in [3.63, 3.8) is 0 Å². The third kappa shape index (κ3) is 2.90. The van der Waals surface area contributed by atoms with E-state index in [1.807, 2.05) is 12.1 Å². The van der Waals surface area contributed by atoms with Gasteiger partial charge in [-0.05, 0) is 109 Å². The Morgan fingerprint density at radius 3 is 2.63 bits per heavy atom. The van der Waals surface area contributed by atoms with Crippen LogP contribution in [-0.2, 0) is 16.2 Å². The van der Waals surface area contributed by atoms with Gasteiger partial charge in [0, 0.05) is 11.8 Å². The molecule has 5 aliphatic carbocycles. The van der Waals surface area contributed by atoms with Crippen LogP contribution in [0.1, 0.15) is 95.6 Å². The molecule has 9 atom stereocenters. The topological polar surface area (TPSA) is 79.2 Å². The van der Waals surface area contributed by atoms with Crippen molar-refractivity contribution in [3.8, 4) is 5.75 Å². The summed E-state index contributed by atoms with van der Waals surface area (Å²) in [4.78, 5) is 11.8. The van der Waals surface area contributed by atoms with Crippen molar-refractivity contribution in [2.75, 3.05) is 6.61 Å². The first-order valence-electron chi connectivity index (χ1n) is 14.0. The van der Waals surface area contributed by atoms with Gasteiger partial charge >= 0.3 is 0 Å². The molecule has 5 fully saturated rings. The Morgan fingerprint density at radius 2 is 1.83 bits per heavy atom. The molecule has 3 N–H and O–H groups in total. The van der Waals surface area contributed by atoms with Gasteiger partial charge in [0.25, 0.3) is 0 Å². The first kappa shape index (κ1) is 23.0. The second-order valence-corrected chi connectivity index (χ2v) is 14.5. The number of phenolic OH excluding ortho intramolecular Hbond substituents is 1. The normalized spacial score (nSPS) is 51.7. The highest BCUT2D eigenvalue weighted by atomic mass is 17.2. The fourth-order valence-electron chi connectivity index (χ4n) is 10.9. The standard InChI is InChI=1S/C30H42O5/c1-26(2)15-28(35-34-17-26)11-12-29-14-20-18(5-4-6-23(20)31)21-13-27(3)22(7-8-24(27)32)19(25(21)29)9-10-30(29,33)16-28/h4-6,19,21-22,24-25,31-33H,7-17H2,1-3H3/t19-,21+,22-,24-,25+,27-,28?,29-,30+/m0/s1. The summed E-state index contributed by atoms with van der Waals surface area (Å²) >= 11 is 0. The highest BCUT2D eigenvalue weighted by Crippen LogP contribution is 2.74. The largest absolute Gasteiger partial charge is 0.508 e. The van der Waals surface area contributed by atoms with Gasteiger partial charge in [-0.2, -0.15) is 0 Å². The van der Waals surface area contributed by atoms with E-state index in [1.54, 1.807) is 0 Å². The average molecular weight is 483 g/mol. The number of aliphatic hydroxyl groups excluding tert-OH is 1. The van der Waals surface area contributed by atoms with Crippen molar-refractivity contribution in [2.45, 2.75) is 108 Å². The number of aromatic hydroxyl groups is 1. The van der Waals surface area contributed by atoms with Gasteiger partial charge in [0.05, 0.1) is 18.3 Å². The van der Waals surface area contributed by atoms with Crippen LogP contribution in [-0.4, -0.2) is 39.2 Å². The van der Waals surface area contributed by atoms with E-state index in [0.29, 0.717) is 36.5 Å². The number of fused-ring (bicyclic) bond motifs is 4. The molecule has 1 heterocycles. The predicted octanol–water partition coefficient (Wildman–Crippen LogP) is 5.26. The smallest absolute Gasteiger partial charge is 0.119 e. The molecule has 0 aromatic heterocycles. The van der Waals surface area contributed by atoms with Gasteiger partial charge in [0.15, 0.2) is 0 Å². The molecule has 1 aromatic rings. The lowest BCUT2D eigenvalue weighted by molar-refractivity contribution is -0.425. The zero-order chi connectivity index (χ0) is 24.4. The van der Waals surface area contributed by atoms with Crippen LogP contribution in [0.15, 0.2) is 18.2 Å². The van der Waals surface area contributed by atoms with Crippen molar-refractivity contribution in [3.05, 3.63) is 29.3 Å². The third-order valence-corrected chi connectivity index (χ3v) is 12.1. The van der Waals surface area contributed by atoms with Gasteiger partial charge in [0.2, 0.25) is 0 Å². The Morgan fingerprint density at radius 1 is 1.00 bits per heavy atom. The van der Waals surface area contributed by atoms with Gasteiger partial charge in [-0.1, -0.05) is 32.9 Å². The Hall–Kier alpha value is -1.14. The van der Waals surface area contributed by atoms with Crippen molar-refractivity contribution in [1.29, 1.82) is 0 Å². The SMILES string of the molecule is CC1(C)COOC2(CC[C@@]34Cc5c(O)cccc5[C@H]5C[C@]6(C)[C@@H](O)CC[C@H]6[C@H](CC[C@@]3(O)C2)[C@H]54)C1. The lowest BCUT2D eigenvalue weighted by Gasteiger charge is -2.70. The van der Waals surface area contributed by atoms with Gasteiger partial charge in [-0.25, -0.2) is 9.78 Å². The fourth-order valence-corrected chi connectivity index (χ4v) is 10.9. The minimum atomic E-state index is -0.841. The van der Waals surface area contributed by atoms with E-state index >= 15 is 0 Å². The van der Waals surface area contributed by atoms with E-state index < -0.39 is 11.2 Å². The van der Waals surface area contributed by atoms with Crippen molar-refractivity contribution >= 4 is 0 Å². The molecule has 1 aromatic carbocycles. The zero-order valence-electron chi connectivity index (χ0n) is 21.6. The summed E-state index contributed by atoms with van der Waals surface area (Å²) in [6.07, 6.45) is 8.55. The molecule has 0 amide bonds. The second-order valence-electron chi connectivity index (χ2n) is 14.5. The highest BCUT2D eigenvalue weighted by molar-refractivity contribution is 5.47. The van der Waals surface area contributed by atoms with Crippen LogP contribution in [0.25, 0.3) is 0 Å². The molecule has 0 bridgehead atoms. The fraction of sp³-hybridized carbons (Fsp3) is 0.800. The predicted molar refractivity (Wildman–Crippen MR) is 132 cm³/mol. The maximum absolute atomic E-state index is 12.7. The molecule has 1 saturated heterocycles. The van der Waals surface area contributed by atoms with E-state index in [0.717, 1.165) is 63.4 Å². The molecule has 6 aliphatic rings. The Kier molecular flexibility index (Phi) is 4.62. The van der Waals surface area contributed by atoms with Gasteiger partial charge in [-0.15, -0.1) is 0 Å². The molecule has 1 unspecified atom stereocenters. The van der Waals surface area contributed by atoms with Crippen LogP contribution in [0.4, 0.5) is 0 Å². The van der Waals surface area contributed by atoms with Crippen LogP contribution in [0, 0.1) is 34.0 Å². The van der Waals surface area contributed by atoms with E-state index in [4.69, 9.17) is 9.78 Å². The van der Waals surface area contributed by atoms with E-state index in [9.17, 15) is 15.3 Å². The Balaban J connectivity index is 1.37. The molecule has 192 valence electrons. The van der Waals surface area contributed by atoms with Gasteiger partial charge < -0.3 is 15.3 Å². The van der Waals surface area contributed by atoms with Crippen LogP contribution < -0.4 is 0 Å². The molecule has 4 saturated carbocycles. The average Bonchev–Trinajstić information content (AvgIpc) is 3.08. The molecule has 5 heteroatoms. The summed E-state index contributed by atoms with van der Waals surface area (Å²) < 4.78 is 0. The summed E-state index contributed by atoms with van der Waals surface area (Å²) in [5, 5.41) is 34.9. The molecule has 5 nitrogen and oxygen atoms in total. The van der Waals surface area contributed by atoms with Crippen molar-refractivity contribution in [2.24, 2.45) is 34.0 Å². The highest BCUT2D eigenvalue weighted by Gasteiger charge is 2.72. The Bertz CT molecular complexity index is 1050. The van der Waals surface area contributed by atoms with Crippen LogP contribution in [0.5, 0.6) is 5.75 Å². The molecule has 1 aliphatic heterocycles. The summed E-state index contributed by atoms with van der Waals surface area (Å²) in [7, 11) is 0. The lowest BCUT2D eigenvalue weighted by atomic mass is 9.36. The molecular formula is C30H42O5. The van der Waals surface area contributed by atoms with E-state index in [2.05, 4.69) is 26.8 Å². The first-order chi connectivity index (χ1) is 16.5. The van der Waals surface area contributed by atoms with Gasteiger partial charge in [-0.3, -0.25) is 0 Å². The molecule has 2 spiro atoms. The van der Waals surface area contributed by atoms with Crippen molar-refractivity contribution in [1.82, 2.24) is 0 Å². The minimum Gasteiger partial charge on any atom is -0.508 e. The number of benzene rings is 1. The van der Waals surface area contributed by atoms with Gasteiger partial charge in [0.1, 0.15) is 11.4 Å². The summed E-state index contributed by atoms with van der Waals surface area (Å²) in [6.45, 7) is 7.39. The summed E-state index contributed by atoms with van der Waals surface area (Å²) in [5.74, 6) is 2.06. The summed E-state index contributed by atoms with van der Waals surface area (Å²) in [5.41, 5.74) is 0.720. The van der Waals surface area contributed by atoms with Crippen molar-refractivity contribution < 1.29 is 25.1 Å². The number of aliphatic hydroxyl groups is 2. The van der Waals surface area contributed by atoms with E-state index in [1.165, 1.54) is 5.56 Å². The molecule has 7 rings (SSSR count). The quantitative estimate of drug-likeness (QED) is 0.440. The monoisotopic (exact) mass is 482 g/mol. The number of hydrogen-bond donors (Lipinski definition) is 3. The first-order valence-corrected chi connectivity index (χ1v) is 14.0. The number of hydrogen-bond acceptors (Lipinski definition) is 5. The maximum atomic E-state index is 12.7. The van der Waals surface area contributed by atoms with E-state index in [-0.39, 0.29) is 28.3 Å².